The van der Waals surface area contributed by atoms with Crippen LogP contribution in [0.15, 0.2) is 47.6 Å². The van der Waals surface area contributed by atoms with Crippen molar-refractivity contribution in [3.05, 3.63) is 54.4 Å². The number of methoxy groups -OCH3 is 1. The molecule has 2 aromatic heterocycles. The van der Waals surface area contributed by atoms with E-state index in [4.69, 9.17) is 4.74 Å². The molecule has 0 radical (unpaired) electrons. The van der Waals surface area contributed by atoms with E-state index in [0.29, 0.717) is 29.8 Å². The minimum atomic E-state index is -3.68. The summed E-state index contributed by atoms with van der Waals surface area (Å²) in [6.07, 6.45) is 3.52. The number of hydrogen-bond acceptors (Lipinski definition) is 7. The highest BCUT2D eigenvalue weighted by molar-refractivity contribution is 7.89. The molecule has 0 aliphatic carbocycles. The fourth-order valence-corrected chi connectivity index (χ4v) is 3.88. The van der Waals surface area contributed by atoms with Gasteiger partial charge < -0.3 is 10.1 Å². The standard InChI is InChI=1S/C18H22N6O3S/c1-13-22-17(12-18(23-13)24-11-10-19-14(24)2)20-8-9-21-28(25,26)16-7-5-4-6-15(16)27-3/h4-7,10-12,21H,8-9H2,1-3H3,(H,20,22,23). The van der Waals surface area contributed by atoms with Gasteiger partial charge in [0.1, 0.15) is 33.9 Å². The Labute approximate surface area is 163 Å². The van der Waals surface area contributed by atoms with Crippen LogP contribution in [-0.2, 0) is 10.0 Å². The molecule has 0 saturated carbocycles. The Hall–Kier alpha value is -2.98. The number of ether oxygens (including phenoxy) is 1. The fourth-order valence-electron chi connectivity index (χ4n) is 2.68. The van der Waals surface area contributed by atoms with Crippen molar-refractivity contribution in [1.82, 2.24) is 24.2 Å². The van der Waals surface area contributed by atoms with Crippen LogP contribution in [0, 0.1) is 13.8 Å². The zero-order valence-electron chi connectivity index (χ0n) is 15.9. The molecule has 28 heavy (non-hydrogen) atoms. The van der Waals surface area contributed by atoms with Crippen molar-refractivity contribution in [2.24, 2.45) is 0 Å². The number of nitrogens with one attached hydrogen (secondary N) is 2. The van der Waals surface area contributed by atoms with E-state index in [1.807, 2.05) is 17.7 Å². The van der Waals surface area contributed by atoms with Gasteiger partial charge in [0.25, 0.3) is 0 Å². The Kier molecular flexibility index (Phi) is 5.90. The molecule has 0 bridgehead atoms. The van der Waals surface area contributed by atoms with Gasteiger partial charge in [0, 0.05) is 31.5 Å². The Morgan fingerprint density at radius 1 is 1.14 bits per heavy atom. The topological polar surface area (TPSA) is 111 Å². The number of nitrogens with zero attached hydrogens (tertiary/aromatic N) is 4. The molecular weight excluding hydrogens is 380 g/mol. The zero-order chi connectivity index (χ0) is 20.1. The summed E-state index contributed by atoms with van der Waals surface area (Å²) < 4.78 is 34.5. The van der Waals surface area contributed by atoms with Gasteiger partial charge in [-0.3, -0.25) is 4.57 Å². The van der Waals surface area contributed by atoms with Gasteiger partial charge in [0.15, 0.2) is 0 Å². The van der Waals surface area contributed by atoms with Crippen LogP contribution in [0.4, 0.5) is 5.82 Å². The molecule has 0 aliphatic heterocycles. The molecule has 3 rings (SSSR count). The van der Waals surface area contributed by atoms with E-state index >= 15 is 0 Å². The van der Waals surface area contributed by atoms with E-state index in [0.717, 1.165) is 5.82 Å². The van der Waals surface area contributed by atoms with Crippen LogP contribution in [0.1, 0.15) is 11.6 Å². The van der Waals surface area contributed by atoms with Crippen LogP contribution in [-0.4, -0.2) is 48.1 Å². The maximum absolute atomic E-state index is 12.5. The Morgan fingerprint density at radius 2 is 1.93 bits per heavy atom. The lowest BCUT2D eigenvalue weighted by Crippen LogP contribution is -2.29. The highest BCUT2D eigenvalue weighted by Gasteiger charge is 2.18. The van der Waals surface area contributed by atoms with E-state index in [1.165, 1.54) is 13.2 Å². The van der Waals surface area contributed by atoms with E-state index in [-0.39, 0.29) is 11.4 Å². The normalized spacial score (nSPS) is 11.4. The van der Waals surface area contributed by atoms with Crippen molar-refractivity contribution in [3.8, 4) is 11.6 Å². The Morgan fingerprint density at radius 3 is 2.64 bits per heavy atom. The quantitative estimate of drug-likeness (QED) is 0.552. The van der Waals surface area contributed by atoms with Crippen LogP contribution < -0.4 is 14.8 Å². The second kappa shape index (κ2) is 8.36. The van der Waals surface area contributed by atoms with Crippen LogP contribution in [0.2, 0.25) is 0 Å². The smallest absolute Gasteiger partial charge is 0.244 e. The first-order chi connectivity index (χ1) is 13.4. The minimum Gasteiger partial charge on any atom is -0.495 e. The molecule has 9 nitrogen and oxygen atoms in total. The van der Waals surface area contributed by atoms with Crippen LogP contribution >= 0.6 is 0 Å². The monoisotopic (exact) mass is 402 g/mol. The third-order valence-electron chi connectivity index (χ3n) is 3.98. The number of para-hydroxylation sites is 1. The van der Waals surface area contributed by atoms with Crippen LogP contribution in [0.3, 0.4) is 0 Å². The minimum absolute atomic E-state index is 0.105. The molecule has 0 spiro atoms. The number of sulfonamides is 1. The fraction of sp³-hybridized carbons (Fsp3) is 0.278. The van der Waals surface area contributed by atoms with Crippen LogP contribution in [0.25, 0.3) is 5.82 Å². The van der Waals surface area contributed by atoms with Crippen molar-refractivity contribution < 1.29 is 13.2 Å². The number of aromatic nitrogens is 4. The van der Waals surface area contributed by atoms with Gasteiger partial charge in [-0.05, 0) is 26.0 Å². The van der Waals surface area contributed by atoms with E-state index in [1.54, 1.807) is 37.4 Å². The number of hydrogen-bond donors (Lipinski definition) is 2. The zero-order valence-corrected chi connectivity index (χ0v) is 16.7. The van der Waals surface area contributed by atoms with E-state index in [9.17, 15) is 8.42 Å². The van der Waals surface area contributed by atoms with Gasteiger partial charge in [0.05, 0.1) is 7.11 Å². The largest absolute Gasteiger partial charge is 0.495 e. The third kappa shape index (κ3) is 4.46. The van der Waals surface area contributed by atoms with Crippen molar-refractivity contribution in [2.45, 2.75) is 18.7 Å². The molecule has 2 heterocycles. The lowest BCUT2D eigenvalue weighted by Gasteiger charge is -2.12. The summed E-state index contributed by atoms with van der Waals surface area (Å²) in [7, 11) is -2.24. The summed E-state index contributed by atoms with van der Waals surface area (Å²) in [5.41, 5.74) is 0. The number of benzene rings is 1. The average molecular weight is 402 g/mol. The van der Waals surface area contributed by atoms with E-state index < -0.39 is 10.0 Å². The second-order valence-electron chi connectivity index (χ2n) is 5.98. The molecule has 0 aliphatic rings. The molecular formula is C18H22N6O3S. The predicted octanol–water partition coefficient (Wildman–Crippen LogP) is 1.68. The van der Waals surface area contributed by atoms with Gasteiger partial charge >= 0.3 is 0 Å². The molecule has 2 N–H and O–H groups in total. The van der Waals surface area contributed by atoms with Crippen LogP contribution in [0.5, 0.6) is 5.75 Å². The maximum atomic E-state index is 12.5. The van der Waals surface area contributed by atoms with Gasteiger partial charge in [-0.25, -0.2) is 28.1 Å². The molecule has 1 aromatic carbocycles. The van der Waals surface area contributed by atoms with Crippen molar-refractivity contribution in [1.29, 1.82) is 0 Å². The predicted molar refractivity (Wildman–Crippen MR) is 105 cm³/mol. The summed E-state index contributed by atoms with van der Waals surface area (Å²) >= 11 is 0. The Bertz CT molecular complexity index is 1060. The summed E-state index contributed by atoms with van der Waals surface area (Å²) in [4.78, 5) is 13.0. The van der Waals surface area contributed by atoms with Gasteiger partial charge in [0.2, 0.25) is 10.0 Å². The molecule has 10 heteroatoms. The van der Waals surface area contributed by atoms with Crippen molar-refractivity contribution in [3.63, 3.8) is 0 Å². The molecule has 148 valence electrons. The average Bonchev–Trinajstić information content (AvgIpc) is 3.11. The van der Waals surface area contributed by atoms with Gasteiger partial charge in [-0.2, -0.15) is 0 Å². The highest BCUT2D eigenvalue weighted by Crippen LogP contribution is 2.22. The maximum Gasteiger partial charge on any atom is 0.244 e. The van der Waals surface area contributed by atoms with Crippen molar-refractivity contribution in [2.75, 3.05) is 25.5 Å². The molecule has 0 unspecified atom stereocenters. The van der Waals surface area contributed by atoms with Gasteiger partial charge in [-0.1, -0.05) is 12.1 Å². The molecule has 3 aromatic rings. The first kappa shape index (κ1) is 19.8. The second-order valence-corrected chi connectivity index (χ2v) is 7.71. The first-order valence-corrected chi connectivity index (χ1v) is 10.1. The number of rotatable bonds is 8. The lowest BCUT2D eigenvalue weighted by molar-refractivity contribution is 0.402. The SMILES string of the molecule is COc1ccccc1S(=O)(=O)NCCNc1cc(-n2ccnc2C)nc(C)n1. The highest BCUT2D eigenvalue weighted by atomic mass is 32.2. The van der Waals surface area contributed by atoms with Crippen molar-refractivity contribution >= 4 is 15.8 Å². The van der Waals surface area contributed by atoms with E-state index in [2.05, 4.69) is 25.0 Å². The Balaban J connectivity index is 1.64. The third-order valence-corrected chi connectivity index (χ3v) is 5.48. The first-order valence-electron chi connectivity index (χ1n) is 8.63. The summed E-state index contributed by atoms with van der Waals surface area (Å²) in [5.74, 6) is 3.01. The summed E-state index contributed by atoms with van der Waals surface area (Å²) in [6.45, 7) is 4.22. The molecule has 0 fully saturated rings. The lowest BCUT2D eigenvalue weighted by atomic mass is 10.3. The summed E-state index contributed by atoms with van der Waals surface area (Å²) in [6, 6.07) is 8.27. The van der Waals surface area contributed by atoms with Gasteiger partial charge in [-0.15, -0.1) is 0 Å². The number of aryl methyl sites for hydroxylation is 2. The number of imidazole rings is 1. The summed E-state index contributed by atoms with van der Waals surface area (Å²) in [5, 5.41) is 3.12. The molecule has 0 amide bonds. The molecule has 0 saturated heterocycles. The number of anilines is 1. The molecule has 0 atom stereocenters.